The van der Waals surface area contributed by atoms with E-state index in [0.717, 1.165) is 38.5 Å². The van der Waals surface area contributed by atoms with E-state index in [1.54, 1.807) is 4.90 Å². The van der Waals surface area contributed by atoms with Crippen molar-refractivity contribution in [1.82, 2.24) is 9.88 Å². The highest BCUT2D eigenvalue weighted by molar-refractivity contribution is 5.98. The Bertz CT molecular complexity index is 902. The summed E-state index contributed by atoms with van der Waals surface area (Å²) in [5, 5.41) is 0. The zero-order valence-electron chi connectivity index (χ0n) is 17.2. The minimum atomic E-state index is -4.49. The number of amides is 1. The molecule has 0 atom stereocenters. The number of hydrogen-bond donors (Lipinski definition) is 0. The van der Waals surface area contributed by atoms with Gasteiger partial charge in [0, 0.05) is 23.9 Å². The van der Waals surface area contributed by atoms with Crippen LogP contribution in [0.3, 0.4) is 0 Å². The summed E-state index contributed by atoms with van der Waals surface area (Å²) in [6.07, 6.45) is -1.14. The lowest BCUT2D eigenvalue weighted by Gasteiger charge is -2.49. The van der Waals surface area contributed by atoms with Crippen LogP contribution in [0.25, 0.3) is 0 Å². The van der Waals surface area contributed by atoms with Gasteiger partial charge in [-0.2, -0.15) is 13.2 Å². The highest BCUT2D eigenvalue weighted by Crippen LogP contribution is 2.54. The van der Waals surface area contributed by atoms with Gasteiger partial charge in [-0.05, 0) is 57.5 Å². The van der Waals surface area contributed by atoms with E-state index in [2.05, 4.69) is 22.0 Å². The fourth-order valence-electron chi connectivity index (χ4n) is 5.06. The van der Waals surface area contributed by atoms with Crippen molar-refractivity contribution in [2.45, 2.75) is 51.4 Å². The van der Waals surface area contributed by atoms with Crippen LogP contribution in [0, 0.1) is 5.41 Å². The lowest BCUT2D eigenvalue weighted by atomic mass is 9.65. The lowest BCUT2D eigenvalue weighted by molar-refractivity contribution is -0.141. The van der Waals surface area contributed by atoms with Gasteiger partial charge in [-0.15, -0.1) is 0 Å². The van der Waals surface area contributed by atoms with Gasteiger partial charge in [-0.3, -0.25) is 9.69 Å². The summed E-state index contributed by atoms with van der Waals surface area (Å²) < 4.78 is 38.6. The van der Waals surface area contributed by atoms with E-state index in [4.69, 9.17) is 0 Å². The third-order valence-electron chi connectivity index (χ3n) is 6.95. The molecule has 0 bridgehead atoms. The summed E-state index contributed by atoms with van der Waals surface area (Å²) in [6, 6.07) is 12.6. The average molecular weight is 417 g/mol. The van der Waals surface area contributed by atoms with Crippen molar-refractivity contribution < 1.29 is 18.0 Å². The van der Waals surface area contributed by atoms with Crippen molar-refractivity contribution in [3.63, 3.8) is 0 Å². The Morgan fingerprint density at radius 1 is 1.03 bits per heavy atom. The van der Waals surface area contributed by atoms with Crippen molar-refractivity contribution >= 4 is 11.6 Å². The van der Waals surface area contributed by atoms with Gasteiger partial charge < -0.3 is 4.90 Å². The van der Waals surface area contributed by atoms with E-state index in [9.17, 15) is 18.0 Å². The number of hydrogen-bond acceptors (Lipinski definition) is 3. The van der Waals surface area contributed by atoms with Gasteiger partial charge in [0.25, 0.3) is 0 Å². The Morgan fingerprint density at radius 2 is 1.70 bits per heavy atom. The molecule has 0 radical (unpaired) electrons. The lowest BCUT2D eigenvalue weighted by Crippen LogP contribution is -2.54. The molecule has 1 amide bonds. The average Bonchev–Trinajstić information content (AvgIpc) is 2.89. The molecule has 1 spiro atoms. The molecule has 4 nitrogen and oxygen atoms in total. The Labute approximate surface area is 174 Å². The molecule has 1 aromatic heterocycles. The number of pyridine rings is 1. The van der Waals surface area contributed by atoms with Crippen LogP contribution in [0.2, 0.25) is 0 Å². The summed E-state index contributed by atoms with van der Waals surface area (Å²) in [6.45, 7) is 6.73. The number of carbonyl (C=O) groups excluding carboxylic acids is 1. The molecule has 30 heavy (non-hydrogen) atoms. The normalized spacial score (nSPS) is 21.4. The smallest absolute Gasteiger partial charge is 0.305 e. The Kier molecular flexibility index (Phi) is 5.12. The quantitative estimate of drug-likeness (QED) is 0.713. The minimum absolute atomic E-state index is 0.0435. The standard InChI is InChI=1S/C23H26F3N3O/c1-21(2)22(10-12-28(13-11-22)16-17-6-4-3-5-7-17)14-20(30)29(21)18-8-9-19(27-15-18)23(24,25)26/h3-9,15H,10-14,16H2,1-2H3. The number of rotatable bonds is 3. The summed E-state index contributed by atoms with van der Waals surface area (Å²) in [5.74, 6) is -0.0435. The predicted molar refractivity (Wildman–Crippen MR) is 109 cm³/mol. The third kappa shape index (κ3) is 3.60. The molecule has 2 aliphatic heterocycles. The first kappa shape index (κ1) is 20.8. The summed E-state index contributed by atoms with van der Waals surface area (Å²) in [7, 11) is 0. The number of piperidine rings is 1. The van der Waals surface area contributed by atoms with Gasteiger partial charge in [-0.25, -0.2) is 4.98 Å². The van der Waals surface area contributed by atoms with Crippen LogP contribution < -0.4 is 4.90 Å². The SMILES string of the molecule is CC1(C)N(c2ccc(C(F)(F)F)nc2)C(=O)CC12CCN(Cc1ccccc1)CC2. The molecular formula is C23H26F3N3O. The van der Waals surface area contributed by atoms with Crippen LogP contribution in [0.4, 0.5) is 18.9 Å². The number of nitrogens with zero attached hydrogens (tertiary/aromatic N) is 3. The first-order valence-electron chi connectivity index (χ1n) is 10.3. The largest absolute Gasteiger partial charge is 0.433 e. The predicted octanol–water partition coefficient (Wildman–Crippen LogP) is 4.90. The van der Waals surface area contributed by atoms with Crippen LogP contribution in [-0.2, 0) is 17.5 Å². The maximum Gasteiger partial charge on any atom is 0.433 e. The second-order valence-corrected chi connectivity index (χ2v) is 8.91. The number of carbonyl (C=O) groups is 1. The van der Waals surface area contributed by atoms with Gasteiger partial charge in [0.2, 0.25) is 5.91 Å². The zero-order valence-corrected chi connectivity index (χ0v) is 17.2. The Hall–Kier alpha value is -2.41. The second kappa shape index (κ2) is 7.38. The first-order chi connectivity index (χ1) is 14.1. The number of anilines is 1. The number of likely N-dealkylation sites (tertiary alicyclic amines) is 1. The molecule has 160 valence electrons. The van der Waals surface area contributed by atoms with E-state index in [1.807, 2.05) is 32.0 Å². The molecule has 7 heteroatoms. The van der Waals surface area contributed by atoms with Crippen LogP contribution >= 0.6 is 0 Å². The Morgan fingerprint density at radius 3 is 2.27 bits per heavy atom. The van der Waals surface area contributed by atoms with E-state index in [-0.39, 0.29) is 11.3 Å². The van der Waals surface area contributed by atoms with Crippen LogP contribution in [-0.4, -0.2) is 34.4 Å². The fraction of sp³-hybridized carbons (Fsp3) is 0.478. The maximum atomic E-state index is 13.0. The molecule has 3 heterocycles. The van der Waals surface area contributed by atoms with Crippen molar-refractivity contribution in [2.75, 3.05) is 18.0 Å². The van der Waals surface area contributed by atoms with E-state index >= 15 is 0 Å². The van der Waals surface area contributed by atoms with Gasteiger partial charge >= 0.3 is 6.18 Å². The number of aromatic nitrogens is 1. The van der Waals surface area contributed by atoms with Gasteiger partial charge in [0.15, 0.2) is 0 Å². The van der Waals surface area contributed by atoms with Crippen LogP contribution in [0.15, 0.2) is 48.7 Å². The summed E-state index contributed by atoms with van der Waals surface area (Å²) >= 11 is 0. The van der Waals surface area contributed by atoms with Crippen molar-refractivity contribution in [1.29, 1.82) is 0 Å². The highest BCUT2D eigenvalue weighted by atomic mass is 19.4. The zero-order chi connectivity index (χ0) is 21.6. The molecular weight excluding hydrogens is 391 g/mol. The summed E-state index contributed by atoms with van der Waals surface area (Å²) in [5.41, 5.74) is 0.0681. The van der Waals surface area contributed by atoms with E-state index < -0.39 is 17.4 Å². The molecule has 4 rings (SSSR count). The first-order valence-corrected chi connectivity index (χ1v) is 10.3. The van der Waals surface area contributed by atoms with Crippen molar-refractivity contribution in [3.05, 3.63) is 59.9 Å². The summed E-state index contributed by atoms with van der Waals surface area (Å²) in [4.78, 5) is 20.6. The Balaban J connectivity index is 1.51. The monoisotopic (exact) mass is 417 g/mol. The van der Waals surface area contributed by atoms with Crippen LogP contribution in [0.5, 0.6) is 0 Å². The molecule has 2 aromatic rings. The molecule has 0 aliphatic carbocycles. The molecule has 2 aliphatic rings. The van der Waals surface area contributed by atoms with E-state index in [0.29, 0.717) is 12.1 Å². The molecule has 0 saturated carbocycles. The molecule has 0 N–H and O–H groups in total. The van der Waals surface area contributed by atoms with Crippen LogP contribution in [0.1, 0.15) is 44.4 Å². The highest BCUT2D eigenvalue weighted by Gasteiger charge is 2.58. The molecule has 1 aromatic carbocycles. The number of benzene rings is 1. The topological polar surface area (TPSA) is 36.4 Å². The van der Waals surface area contributed by atoms with Crippen molar-refractivity contribution in [2.24, 2.45) is 5.41 Å². The maximum absolute atomic E-state index is 13.0. The molecule has 2 saturated heterocycles. The molecule has 0 unspecified atom stereocenters. The van der Waals surface area contributed by atoms with E-state index in [1.165, 1.54) is 17.8 Å². The number of halogens is 3. The number of alkyl halides is 3. The minimum Gasteiger partial charge on any atom is -0.305 e. The van der Waals surface area contributed by atoms with Gasteiger partial charge in [0.1, 0.15) is 5.69 Å². The van der Waals surface area contributed by atoms with Gasteiger partial charge in [-0.1, -0.05) is 30.3 Å². The molecule has 2 fully saturated rings. The van der Waals surface area contributed by atoms with Crippen molar-refractivity contribution in [3.8, 4) is 0 Å². The second-order valence-electron chi connectivity index (χ2n) is 8.91. The van der Waals surface area contributed by atoms with Gasteiger partial charge in [0.05, 0.1) is 11.9 Å². The third-order valence-corrected chi connectivity index (χ3v) is 6.95. The fourth-order valence-corrected chi connectivity index (χ4v) is 5.06.